The third kappa shape index (κ3) is 6.45. The predicted octanol–water partition coefficient (Wildman–Crippen LogP) is 3.70. The maximum absolute atomic E-state index is 12.7. The Hall–Kier alpha value is -3.10. The summed E-state index contributed by atoms with van der Waals surface area (Å²) in [6.45, 7) is 6.25. The number of hydrogen-bond acceptors (Lipinski definition) is 5. The summed E-state index contributed by atoms with van der Waals surface area (Å²) < 4.78 is 0. The Bertz CT molecular complexity index is 932. The van der Waals surface area contributed by atoms with Crippen LogP contribution in [0.25, 0.3) is 0 Å². The molecule has 8 heteroatoms. The van der Waals surface area contributed by atoms with E-state index in [0.717, 1.165) is 31.6 Å². The van der Waals surface area contributed by atoms with E-state index in [2.05, 4.69) is 27.5 Å². The summed E-state index contributed by atoms with van der Waals surface area (Å²) in [6, 6.07) is 14.5. The Labute approximate surface area is 188 Å². The van der Waals surface area contributed by atoms with Crippen molar-refractivity contribution in [3.8, 4) is 0 Å². The maximum Gasteiger partial charge on any atom is 0.409 e. The normalized spacial score (nSPS) is 15.2. The summed E-state index contributed by atoms with van der Waals surface area (Å²) in [5.41, 5.74) is 1.57. The zero-order valence-electron chi connectivity index (χ0n) is 18.8. The number of hydrogen-bond donors (Lipinski definition) is 4. The molecule has 0 aliphatic carbocycles. The average Bonchev–Trinajstić information content (AvgIpc) is 2.74. The molecule has 2 amide bonds. The van der Waals surface area contributed by atoms with Gasteiger partial charge in [0.1, 0.15) is 0 Å². The van der Waals surface area contributed by atoms with E-state index in [0.29, 0.717) is 29.5 Å². The number of β-amino-alcohol motifs (C(OH)–C–C–N with tert-alkyl or cyclic N) is 1. The average molecular weight is 441 g/mol. The fourth-order valence-corrected chi connectivity index (χ4v) is 4.08. The highest BCUT2D eigenvalue weighted by molar-refractivity contribution is 6.06. The lowest BCUT2D eigenvalue weighted by Gasteiger charge is -2.39. The number of carbonyl (C=O) groups excluding carboxylic acids is 1. The van der Waals surface area contributed by atoms with Crippen molar-refractivity contribution in [2.24, 2.45) is 0 Å². The molecule has 32 heavy (non-hydrogen) atoms. The van der Waals surface area contributed by atoms with E-state index in [9.17, 15) is 14.7 Å². The van der Waals surface area contributed by atoms with Gasteiger partial charge in [0, 0.05) is 44.0 Å². The second-order valence-corrected chi connectivity index (χ2v) is 8.91. The Balaban J connectivity index is 1.59. The van der Waals surface area contributed by atoms with E-state index < -0.39 is 11.7 Å². The summed E-state index contributed by atoms with van der Waals surface area (Å²) in [4.78, 5) is 28.2. The molecule has 0 unspecified atom stereocenters. The fraction of sp³-hybridized carbons (Fsp3) is 0.417. The Morgan fingerprint density at radius 1 is 1.03 bits per heavy atom. The molecule has 1 fully saturated rings. The number of piperidine rings is 1. The molecule has 0 bridgehead atoms. The monoisotopic (exact) mass is 440 g/mol. The molecule has 2 aromatic carbocycles. The highest BCUT2D eigenvalue weighted by Gasteiger charge is 2.26. The standard InChI is InChI=1S/C24H32N4O4/c1-24(2,32)16-28-14-12-19(13-15-28)27(3)18-10-8-17(9-11-18)22(29)25-20-6-4-5-7-21(20)26-23(30)31/h4-11,19,26,32H,12-16H2,1-3H3,(H,25,29)(H,30,31). The first-order valence-corrected chi connectivity index (χ1v) is 10.8. The quantitative estimate of drug-likeness (QED) is 0.523. The van der Waals surface area contributed by atoms with Crippen LogP contribution in [0, 0.1) is 0 Å². The van der Waals surface area contributed by atoms with Crippen molar-refractivity contribution in [3.63, 3.8) is 0 Å². The number of amides is 2. The van der Waals surface area contributed by atoms with Gasteiger partial charge in [0.15, 0.2) is 0 Å². The van der Waals surface area contributed by atoms with Crippen LogP contribution in [0.5, 0.6) is 0 Å². The van der Waals surface area contributed by atoms with Crippen LogP contribution in [0.2, 0.25) is 0 Å². The van der Waals surface area contributed by atoms with Gasteiger partial charge in [0.25, 0.3) is 5.91 Å². The molecule has 0 radical (unpaired) electrons. The van der Waals surface area contributed by atoms with Gasteiger partial charge in [-0.05, 0) is 63.1 Å². The first kappa shape index (κ1) is 23.6. The van der Waals surface area contributed by atoms with Gasteiger partial charge >= 0.3 is 6.09 Å². The van der Waals surface area contributed by atoms with E-state index in [1.165, 1.54) is 0 Å². The molecular formula is C24H32N4O4. The number of rotatable bonds is 7. The Morgan fingerprint density at radius 3 is 2.12 bits per heavy atom. The first-order chi connectivity index (χ1) is 15.1. The summed E-state index contributed by atoms with van der Waals surface area (Å²) in [7, 11) is 2.07. The number of carboxylic acid groups (broad SMARTS) is 1. The number of likely N-dealkylation sites (tertiary alicyclic amines) is 1. The largest absolute Gasteiger partial charge is 0.465 e. The van der Waals surface area contributed by atoms with Crippen LogP contribution in [0.15, 0.2) is 48.5 Å². The van der Waals surface area contributed by atoms with Crippen LogP contribution in [-0.2, 0) is 0 Å². The third-order valence-electron chi connectivity index (χ3n) is 5.67. The molecule has 2 aromatic rings. The number of nitrogens with one attached hydrogen (secondary N) is 2. The fourth-order valence-electron chi connectivity index (χ4n) is 4.08. The number of aliphatic hydroxyl groups is 1. The molecular weight excluding hydrogens is 408 g/mol. The molecule has 4 N–H and O–H groups in total. The smallest absolute Gasteiger partial charge is 0.409 e. The van der Waals surface area contributed by atoms with E-state index in [4.69, 9.17) is 5.11 Å². The summed E-state index contributed by atoms with van der Waals surface area (Å²) in [6.07, 6.45) is 0.842. The SMILES string of the molecule is CN(c1ccc(C(=O)Nc2ccccc2NC(=O)O)cc1)C1CCN(CC(C)(C)O)CC1. The van der Waals surface area contributed by atoms with Crippen molar-refractivity contribution in [3.05, 3.63) is 54.1 Å². The minimum Gasteiger partial charge on any atom is -0.465 e. The summed E-state index contributed by atoms with van der Waals surface area (Å²) in [5, 5.41) is 24.0. The number of benzene rings is 2. The van der Waals surface area contributed by atoms with Crippen molar-refractivity contribution < 1.29 is 19.8 Å². The van der Waals surface area contributed by atoms with Gasteiger partial charge in [-0.2, -0.15) is 0 Å². The lowest BCUT2D eigenvalue weighted by atomic mass is 10.0. The Morgan fingerprint density at radius 2 is 1.59 bits per heavy atom. The molecule has 172 valence electrons. The minimum absolute atomic E-state index is 0.307. The predicted molar refractivity (Wildman–Crippen MR) is 127 cm³/mol. The van der Waals surface area contributed by atoms with Crippen LogP contribution >= 0.6 is 0 Å². The van der Waals surface area contributed by atoms with E-state index >= 15 is 0 Å². The van der Waals surface area contributed by atoms with E-state index in [1.807, 2.05) is 26.0 Å². The highest BCUT2D eigenvalue weighted by Crippen LogP contribution is 2.25. The molecule has 3 rings (SSSR count). The third-order valence-corrected chi connectivity index (χ3v) is 5.67. The molecule has 0 spiro atoms. The zero-order chi connectivity index (χ0) is 23.3. The van der Waals surface area contributed by atoms with Gasteiger partial charge in [-0.1, -0.05) is 12.1 Å². The van der Waals surface area contributed by atoms with Gasteiger partial charge in [0.2, 0.25) is 0 Å². The Kier molecular flexibility index (Phi) is 7.37. The van der Waals surface area contributed by atoms with E-state index in [1.54, 1.807) is 36.4 Å². The van der Waals surface area contributed by atoms with Crippen molar-refractivity contribution in [1.29, 1.82) is 0 Å². The molecule has 1 heterocycles. The van der Waals surface area contributed by atoms with Crippen LogP contribution in [0.3, 0.4) is 0 Å². The molecule has 1 aliphatic heterocycles. The van der Waals surface area contributed by atoms with Crippen molar-refractivity contribution >= 4 is 29.1 Å². The molecule has 1 saturated heterocycles. The zero-order valence-corrected chi connectivity index (χ0v) is 18.8. The van der Waals surface area contributed by atoms with Gasteiger partial charge < -0.3 is 25.3 Å². The van der Waals surface area contributed by atoms with Gasteiger partial charge in [-0.15, -0.1) is 0 Å². The number of nitrogens with zero attached hydrogens (tertiary/aromatic N) is 2. The molecule has 1 aliphatic rings. The number of anilines is 3. The van der Waals surface area contributed by atoms with E-state index in [-0.39, 0.29) is 5.91 Å². The molecule has 0 saturated carbocycles. The van der Waals surface area contributed by atoms with Gasteiger partial charge in [0.05, 0.1) is 17.0 Å². The van der Waals surface area contributed by atoms with Crippen molar-refractivity contribution in [1.82, 2.24) is 4.90 Å². The lowest BCUT2D eigenvalue weighted by molar-refractivity contribution is 0.0283. The minimum atomic E-state index is -1.19. The maximum atomic E-state index is 12.7. The first-order valence-electron chi connectivity index (χ1n) is 10.8. The molecule has 8 nitrogen and oxygen atoms in total. The number of carbonyl (C=O) groups is 2. The van der Waals surface area contributed by atoms with Crippen molar-refractivity contribution in [2.45, 2.75) is 38.3 Å². The lowest BCUT2D eigenvalue weighted by Crippen LogP contribution is -2.47. The topological polar surface area (TPSA) is 105 Å². The van der Waals surface area contributed by atoms with Gasteiger partial charge in [-0.25, -0.2) is 4.79 Å². The van der Waals surface area contributed by atoms with Crippen molar-refractivity contribution in [2.75, 3.05) is 42.2 Å². The van der Waals surface area contributed by atoms with Gasteiger partial charge in [-0.3, -0.25) is 10.1 Å². The van der Waals surface area contributed by atoms with Crippen LogP contribution in [0.1, 0.15) is 37.0 Å². The second-order valence-electron chi connectivity index (χ2n) is 8.91. The summed E-state index contributed by atoms with van der Waals surface area (Å²) in [5.74, 6) is -0.307. The van der Waals surface area contributed by atoms with Crippen LogP contribution in [-0.4, -0.2) is 65.4 Å². The number of para-hydroxylation sites is 2. The highest BCUT2D eigenvalue weighted by atomic mass is 16.4. The van der Waals surface area contributed by atoms with Crippen LogP contribution < -0.4 is 15.5 Å². The summed E-state index contributed by atoms with van der Waals surface area (Å²) >= 11 is 0. The van der Waals surface area contributed by atoms with Crippen LogP contribution in [0.4, 0.5) is 21.9 Å². The molecule has 0 aromatic heterocycles. The second kappa shape index (κ2) is 10.0. The molecule has 0 atom stereocenters.